The largest absolute Gasteiger partial charge is 1.00 e. The molecule has 0 spiro atoms. The van der Waals surface area contributed by atoms with Crippen molar-refractivity contribution in [3.8, 4) is 0 Å². The van der Waals surface area contributed by atoms with Crippen molar-refractivity contribution in [2.45, 2.75) is 0 Å². The molecule has 0 aromatic heterocycles. The second kappa shape index (κ2) is 6.08. The van der Waals surface area contributed by atoms with Gasteiger partial charge >= 0.3 is 29.6 Å². The molecule has 2 nitrogen and oxygen atoms in total. The van der Waals surface area contributed by atoms with Gasteiger partial charge in [-0.25, -0.2) is 0 Å². The molecule has 0 aliphatic carbocycles. The van der Waals surface area contributed by atoms with Gasteiger partial charge in [-0.3, -0.25) is 9.59 Å². The van der Waals surface area contributed by atoms with Crippen molar-refractivity contribution >= 4 is 12.1 Å². The van der Waals surface area contributed by atoms with Crippen molar-refractivity contribution in [1.82, 2.24) is 0 Å². The van der Waals surface area contributed by atoms with E-state index in [1.165, 1.54) is 0 Å². The summed E-state index contributed by atoms with van der Waals surface area (Å²) in [5.41, 5.74) is 0. The summed E-state index contributed by atoms with van der Waals surface area (Å²) in [6, 6.07) is 0. The number of ketones is 1. The number of hydrogen-bond acceptors (Lipinski definition) is 2. The summed E-state index contributed by atoms with van der Waals surface area (Å²) in [7, 11) is 0. The van der Waals surface area contributed by atoms with Crippen molar-refractivity contribution in [1.29, 1.82) is 0 Å². The normalized spacial score (nSPS) is 5.71. The first-order valence-corrected chi connectivity index (χ1v) is 1.43. The van der Waals surface area contributed by atoms with Gasteiger partial charge in [0.2, 0.25) is 5.78 Å². The maximum Gasteiger partial charge on any atom is 1.00 e. The first kappa shape index (κ1) is 10.1. The summed E-state index contributed by atoms with van der Waals surface area (Å²) in [5, 5.41) is 0. The van der Waals surface area contributed by atoms with Crippen LogP contribution in [-0.4, -0.2) is 12.1 Å². The predicted octanol–water partition coefficient (Wildman–Crippen LogP) is -2.94. The van der Waals surface area contributed by atoms with Crippen LogP contribution < -0.4 is 29.6 Å². The Kier molecular flexibility index (Phi) is 8.81. The molecule has 0 radical (unpaired) electrons. The van der Waals surface area contributed by atoms with E-state index in [0.29, 0.717) is 0 Å². The zero-order valence-corrected chi connectivity index (χ0v) is 6.18. The monoisotopic (exact) mass is 108 g/mol. The Bertz CT molecular complexity index is 82.0. The van der Waals surface area contributed by atoms with E-state index in [1.807, 2.05) is 0 Å². The molecule has 0 fully saturated rings. The molecule has 0 saturated heterocycles. The third-order valence-electron chi connectivity index (χ3n) is 0.317. The molecular weight excluding hydrogens is 103 g/mol. The van der Waals surface area contributed by atoms with Gasteiger partial charge in [-0.1, -0.05) is 6.58 Å². The summed E-state index contributed by atoms with van der Waals surface area (Å²) < 4.78 is 0. The Labute approximate surface area is 65.4 Å². The van der Waals surface area contributed by atoms with E-state index in [1.54, 1.807) is 0 Å². The first-order chi connectivity index (χ1) is 2.81. The molecule has 0 aliphatic rings. The molecule has 34 valence electrons. The first-order valence-electron chi connectivity index (χ1n) is 1.43. The number of hydrogen-bond donors (Lipinski definition) is 0. The molecule has 0 heterocycles. The molecule has 0 amide bonds. The third kappa shape index (κ3) is 6.08. The van der Waals surface area contributed by atoms with E-state index in [0.717, 1.165) is 6.08 Å². The number of allylic oxidation sites excluding steroid dienone is 1. The molecule has 0 unspecified atom stereocenters. The van der Waals surface area contributed by atoms with Crippen molar-refractivity contribution < 1.29 is 40.6 Å². The summed E-state index contributed by atoms with van der Waals surface area (Å²) in [4.78, 5) is 19.0. The number of rotatable bonds is 2. The zero-order valence-electron chi connectivity index (χ0n) is 5.18. The molecule has 0 saturated carbocycles. The summed E-state index contributed by atoms with van der Waals surface area (Å²) in [6.45, 7) is 3.05. The van der Waals surface area contributed by atoms with Gasteiger partial charge in [0.1, 0.15) is 0 Å². The van der Waals surface area contributed by atoms with E-state index in [-0.39, 0.29) is 37.3 Å². The molecule has 7 heavy (non-hydrogen) atoms. The SMILES string of the molecule is C=CC(=O)C=O.[H-].[Na+]. The van der Waals surface area contributed by atoms with E-state index in [4.69, 9.17) is 0 Å². The molecule has 0 aliphatic heterocycles. The van der Waals surface area contributed by atoms with Crippen LogP contribution >= 0.6 is 0 Å². The second-order valence-corrected chi connectivity index (χ2v) is 0.724. The number of aldehydes is 1. The van der Waals surface area contributed by atoms with Gasteiger partial charge in [0.05, 0.1) is 0 Å². The van der Waals surface area contributed by atoms with Crippen molar-refractivity contribution in [3.05, 3.63) is 12.7 Å². The fourth-order valence-electron chi connectivity index (χ4n) is 0.0481. The Morgan fingerprint density at radius 3 is 2.14 bits per heavy atom. The van der Waals surface area contributed by atoms with Crippen LogP contribution in [0.5, 0.6) is 0 Å². The minimum absolute atomic E-state index is 0. The fourth-order valence-corrected chi connectivity index (χ4v) is 0.0481. The van der Waals surface area contributed by atoms with E-state index in [9.17, 15) is 9.59 Å². The van der Waals surface area contributed by atoms with Crippen LogP contribution in [0.15, 0.2) is 12.7 Å². The quantitative estimate of drug-likeness (QED) is 0.164. The van der Waals surface area contributed by atoms with Gasteiger partial charge in [0.25, 0.3) is 0 Å². The summed E-state index contributed by atoms with van der Waals surface area (Å²) >= 11 is 0. The van der Waals surface area contributed by atoms with E-state index < -0.39 is 5.78 Å². The van der Waals surface area contributed by atoms with Gasteiger partial charge in [-0.15, -0.1) is 0 Å². The van der Waals surface area contributed by atoms with Crippen molar-refractivity contribution in [2.24, 2.45) is 0 Å². The van der Waals surface area contributed by atoms with Crippen LogP contribution in [0.25, 0.3) is 0 Å². The molecule has 0 N–H and O–H groups in total. The van der Waals surface area contributed by atoms with E-state index >= 15 is 0 Å². The molecule has 0 rings (SSSR count). The predicted molar refractivity (Wildman–Crippen MR) is 22.4 cm³/mol. The topological polar surface area (TPSA) is 34.1 Å². The van der Waals surface area contributed by atoms with E-state index in [2.05, 4.69) is 6.58 Å². The van der Waals surface area contributed by atoms with Crippen molar-refractivity contribution in [2.75, 3.05) is 0 Å². The Morgan fingerprint density at radius 1 is 1.71 bits per heavy atom. The van der Waals surface area contributed by atoms with Crippen molar-refractivity contribution in [3.63, 3.8) is 0 Å². The standard InChI is InChI=1S/C4H4O2.Na.H/c1-2-4(6)3-5;;/h2-3H,1H2;;/q;+1;-1. The second-order valence-electron chi connectivity index (χ2n) is 0.724. The van der Waals surface area contributed by atoms with Gasteiger partial charge < -0.3 is 1.43 Å². The Balaban J connectivity index is -0.000000125. The minimum atomic E-state index is -0.574. The smallest absolute Gasteiger partial charge is 1.00 e. The van der Waals surface area contributed by atoms with Crippen LogP contribution in [0, 0.1) is 0 Å². The third-order valence-corrected chi connectivity index (χ3v) is 0.317. The maximum atomic E-state index is 9.69. The van der Waals surface area contributed by atoms with Gasteiger partial charge in [0, 0.05) is 0 Å². The van der Waals surface area contributed by atoms with Crippen LogP contribution in [-0.2, 0) is 9.59 Å². The van der Waals surface area contributed by atoms with Gasteiger partial charge in [-0.2, -0.15) is 0 Å². The molecule has 0 bridgehead atoms. The van der Waals surface area contributed by atoms with Crippen LogP contribution in [0.4, 0.5) is 0 Å². The van der Waals surface area contributed by atoms with Gasteiger partial charge in [0.15, 0.2) is 6.29 Å². The molecule has 3 heteroatoms. The Morgan fingerprint density at radius 2 is 2.14 bits per heavy atom. The minimum Gasteiger partial charge on any atom is -1.00 e. The fraction of sp³-hybridized carbons (Fsp3) is 0. The summed E-state index contributed by atoms with van der Waals surface area (Å²) in [6.07, 6.45) is 1.18. The average Bonchev–Trinajstić information content (AvgIpc) is 1.65. The molecule has 0 aromatic carbocycles. The summed E-state index contributed by atoms with van der Waals surface area (Å²) in [5.74, 6) is -0.574. The zero-order chi connectivity index (χ0) is 4.99. The molecule has 0 atom stereocenters. The maximum absolute atomic E-state index is 9.69. The average molecular weight is 108 g/mol. The molecular formula is C4H5NaO2. The van der Waals surface area contributed by atoms with Crippen LogP contribution in [0.2, 0.25) is 0 Å². The van der Waals surface area contributed by atoms with Gasteiger partial charge in [-0.05, 0) is 6.08 Å². The number of carbonyl (C=O) groups is 2. The number of carbonyl (C=O) groups excluding carboxylic acids is 2. The molecule has 0 aromatic rings. The Hall–Kier alpha value is 0.0800. The van der Waals surface area contributed by atoms with Crippen LogP contribution in [0.1, 0.15) is 1.43 Å². The van der Waals surface area contributed by atoms with Crippen LogP contribution in [0.3, 0.4) is 0 Å².